The summed E-state index contributed by atoms with van der Waals surface area (Å²) in [6, 6.07) is 0. The first-order valence-corrected chi connectivity index (χ1v) is 6.01. The first kappa shape index (κ1) is 11.4. The number of carboxylic acid groups (broad SMARTS) is 1. The largest absolute Gasteiger partial charge is 0.481 e. The number of aliphatic carboxylic acids is 1. The Morgan fingerprint density at radius 1 is 1.31 bits per heavy atom. The molecule has 0 spiro atoms. The van der Waals surface area contributed by atoms with E-state index < -0.39 is 5.97 Å². The first-order valence-electron chi connectivity index (χ1n) is 6.01. The summed E-state index contributed by atoms with van der Waals surface area (Å²) in [5, 5.41) is 11.8. The molecule has 0 radical (unpaired) electrons. The number of carbonyl (C=O) groups excluding carboxylic acids is 1. The third kappa shape index (κ3) is 2.54. The summed E-state index contributed by atoms with van der Waals surface area (Å²) in [5.74, 6) is -1.10. The Balaban J connectivity index is 1.76. The van der Waals surface area contributed by atoms with Gasteiger partial charge in [-0.1, -0.05) is 6.92 Å². The molecule has 4 heteroatoms. The van der Waals surface area contributed by atoms with Crippen LogP contribution in [0.5, 0.6) is 0 Å². The van der Waals surface area contributed by atoms with Gasteiger partial charge in [-0.3, -0.25) is 9.59 Å². The fourth-order valence-corrected chi connectivity index (χ4v) is 2.28. The molecule has 2 aliphatic rings. The smallest absolute Gasteiger partial charge is 0.306 e. The van der Waals surface area contributed by atoms with Gasteiger partial charge in [-0.2, -0.15) is 0 Å². The van der Waals surface area contributed by atoms with Gasteiger partial charge in [0, 0.05) is 12.5 Å². The minimum Gasteiger partial charge on any atom is -0.481 e. The molecule has 0 aliphatic heterocycles. The SMILES string of the molecule is CC1(CNC(=O)C2CCC(C(=O)O)C2)CC1. The molecule has 2 rings (SSSR count). The highest BCUT2D eigenvalue weighted by molar-refractivity contribution is 5.80. The fourth-order valence-electron chi connectivity index (χ4n) is 2.28. The lowest BCUT2D eigenvalue weighted by Crippen LogP contribution is -2.33. The van der Waals surface area contributed by atoms with Gasteiger partial charge in [0.2, 0.25) is 5.91 Å². The van der Waals surface area contributed by atoms with E-state index >= 15 is 0 Å². The number of carboxylic acids is 1. The molecule has 0 heterocycles. The molecule has 4 nitrogen and oxygen atoms in total. The average Bonchev–Trinajstić information content (AvgIpc) is 2.81. The molecule has 16 heavy (non-hydrogen) atoms. The molecule has 90 valence electrons. The van der Waals surface area contributed by atoms with Gasteiger partial charge >= 0.3 is 5.97 Å². The zero-order valence-corrected chi connectivity index (χ0v) is 9.66. The van der Waals surface area contributed by atoms with Gasteiger partial charge in [-0.05, 0) is 37.5 Å². The number of hydrogen-bond donors (Lipinski definition) is 2. The van der Waals surface area contributed by atoms with Gasteiger partial charge in [0.1, 0.15) is 0 Å². The zero-order valence-electron chi connectivity index (χ0n) is 9.66. The summed E-state index contributed by atoms with van der Waals surface area (Å²) in [6.45, 7) is 2.92. The molecule has 2 aliphatic carbocycles. The van der Waals surface area contributed by atoms with Crippen molar-refractivity contribution < 1.29 is 14.7 Å². The summed E-state index contributed by atoms with van der Waals surface area (Å²) < 4.78 is 0. The number of rotatable bonds is 4. The van der Waals surface area contributed by atoms with Crippen LogP contribution in [0.4, 0.5) is 0 Å². The molecule has 2 saturated carbocycles. The van der Waals surface area contributed by atoms with Gasteiger partial charge in [-0.15, -0.1) is 0 Å². The highest BCUT2D eigenvalue weighted by Crippen LogP contribution is 2.44. The second kappa shape index (κ2) is 4.07. The maximum Gasteiger partial charge on any atom is 0.306 e. The minimum atomic E-state index is -0.760. The summed E-state index contributed by atoms with van der Waals surface area (Å²) in [4.78, 5) is 22.5. The van der Waals surface area contributed by atoms with Crippen molar-refractivity contribution in [2.24, 2.45) is 17.3 Å². The Hall–Kier alpha value is -1.06. The van der Waals surface area contributed by atoms with Crippen LogP contribution in [-0.2, 0) is 9.59 Å². The van der Waals surface area contributed by atoms with Crippen molar-refractivity contribution in [3.8, 4) is 0 Å². The molecule has 2 unspecified atom stereocenters. The first-order chi connectivity index (χ1) is 7.50. The van der Waals surface area contributed by atoms with Crippen molar-refractivity contribution in [1.29, 1.82) is 0 Å². The number of hydrogen-bond acceptors (Lipinski definition) is 2. The van der Waals surface area contributed by atoms with E-state index in [1.807, 2.05) is 0 Å². The van der Waals surface area contributed by atoms with Crippen LogP contribution in [0.1, 0.15) is 39.0 Å². The Bertz CT molecular complexity index is 309. The summed E-state index contributed by atoms with van der Waals surface area (Å²) >= 11 is 0. The monoisotopic (exact) mass is 225 g/mol. The van der Waals surface area contributed by atoms with E-state index in [1.54, 1.807) is 0 Å². The van der Waals surface area contributed by atoms with Gasteiger partial charge in [-0.25, -0.2) is 0 Å². The fraction of sp³-hybridized carbons (Fsp3) is 0.833. The van der Waals surface area contributed by atoms with Crippen molar-refractivity contribution >= 4 is 11.9 Å². The predicted molar refractivity (Wildman–Crippen MR) is 58.8 cm³/mol. The van der Waals surface area contributed by atoms with Crippen molar-refractivity contribution in [1.82, 2.24) is 5.32 Å². The molecule has 0 aromatic heterocycles. The summed E-state index contributed by atoms with van der Waals surface area (Å²) in [7, 11) is 0. The molecule has 1 amide bonds. The third-order valence-corrected chi connectivity index (χ3v) is 3.95. The second-order valence-corrected chi connectivity index (χ2v) is 5.57. The molecule has 2 atom stereocenters. The van der Waals surface area contributed by atoms with E-state index in [9.17, 15) is 9.59 Å². The molecule has 0 aromatic carbocycles. The maximum absolute atomic E-state index is 11.8. The molecule has 2 N–H and O–H groups in total. The van der Waals surface area contributed by atoms with Crippen molar-refractivity contribution in [2.45, 2.75) is 39.0 Å². The molecule has 0 saturated heterocycles. The lowest BCUT2D eigenvalue weighted by atomic mass is 10.0. The van der Waals surface area contributed by atoms with Gasteiger partial charge in [0.05, 0.1) is 5.92 Å². The molecule has 0 bridgehead atoms. The van der Waals surface area contributed by atoms with E-state index in [0.29, 0.717) is 18.3 Å². The highest BCUT2D eigenvalue weighted by Gasteiger charge is 2.39. The van der Waals surface area contributed by atoms with E-state index in [0.717, 1.165) is 13.0 Å². The van der Waals surface area contributed by atoms with E-state index in [1.165, 1.54) is 12.8 Å². The second-order valence-electron chi connectivity index (χ2n) is 5.57. The van der Waals surface area contributed by atoms with Crippen LogP contribution < -0.4 is 5.32 Å². The normalized spacial score (nSPS) is 31.1. The lowest BCUT2D eigenvalue weighted by molar-refractivity contribution is -0.141. The summed E-state index contributed by atoms with van der Waals surface area (Å²) in [5.41, 5.74) is 0.320. The molecular weight excluding hydrogens is 206 g/mol. The van der Waals surface area contributed by atoms with E-state index in [4.69, 9.17) is 5.11 Å². The Morgan fingerprint density at radius 2 is 1.94 bits per heavy atom. The van der Waals surface area contributed by atoms with Gasteiger partial charge in [0.15, 0.2) is 0 Å². The third-order valence-electron chi connectivity index (χ3n) is 3.95. The predicted octanol–water partition coefficient (Wildman–Crippen LogP) is 1.40. The van der Waals surface area contributed by atoms with Crippen LogP contribution >= 0.6 is 0 Å². The van der Waals surface area contributed by atoms with Crippen LogP contribution in [0.25, 0.3) is 0 Å². The van der Waals surface area contributed by atoms with Crippen molar-refractivity contribution in [3.63, 3.8) is 0 Å². The van der Waals surface area contributed by atoms with E-state index in [-0.39, 0.29) is 17.7 Å². The van der Waals surface area contributed by atoms with E-state index in [2.05, 4.69) is 12.2 Å². The van der Waals surface area contributed by atoms with Crippen molar-refractivity contribution in [2.75, 3.05) is 6.54 Å². The topological polar surface area (TPSA) is 66.4 Å². The minimum absolute atomic E-state index is 0.0527. The van der Waals surface area contributed by atoms with Gasteiger partial charge < -0.3 is 10.4 Å². The van der Waals surface area contributed by atoms with Crippen LogP contribution in [0, 0.1) is 17.3 Å². The van der Waals surface area contributed by atoms with Crippen LogP contribution in [0.15, 0.2) is 0 Å². The molecular formula is C12H19NO3. The lowest BCUT2D eigenvalue weighted by Gasteiger charge is -2.13. The van der Waals surface area contributed by atoms with Crippen molar-refractivity contribution in [3.05, 3.63) is 0 Å². The summed E-state index contributed by atoms with van der Waals surface area (Å²) in [6.07, 6.45) is 4.26. The highest BCUT2D eigenvalue weighted by atomic mass is 16.4. The molecule has 2 fully saturated rings. The molecule has 0 aromatic rings. The Kier molecular flexibility index (Phi) is 2.91. The quantitative estimate of drug-likeness (QED) is 0.760. The van der Waals surface area contributed by atoms with Crippen LogP contribution in [0.3, 0.4) is 0 Å². The van der Waals surface area contributed by atoms with Gasteiger partial charge in [0.25, 0.3) is 0 Å². The van der Waals surface area contributed by atoms with Crippen LogP contribution in [-0.4, -0.2) is 23.5 Å². The Labute approximate surface area is 95.4 Å². The maximum atomic E-state index is 11.8. The number of carbonyl (C=O) groups is 2. The zero-order chi connectivity index (χ0) is 11.8. The van der Waals surface area contributed by atoms with Crippen LogP contribution in [0.2, 0.25) is 0 Å². The number of nitrogens with one attached hydrogen (secondary N) is 1. The average molecular weight is 225 g/mol. The number of amides is 1. The standard InChI is InChI=1S/C12H19NO3/c1-12(4-5-12)7-13-10(14)8-2-3-9(6-8)11(15)16/h8-9H,2-7H2,1H3,(H,13,14)(H,15,16). The Morgan fingerprint density at radius 3 is 2.44 bits per heavy atom.